The van der Waals surface area contributed by atoms with Gasteiger partial charge in [0.05, 0.1) is 47.0 Å². The van der Waals surface area contributed by atoms with Crippen molar-refractivity contribution in [2.45, 2.75) is 37.4 Å². The van der Waals surface area contributed by atoms with Crippen LogP contribution in [0.25, 0.3) is 10.8 Å². The maximum Gasteiger partial charge on any atom is 0.240 e. The maximum atomic E-state index is 13.9. The number of hydrogen-bond acceptors (Lipinski definition) is 7. The Labute approximate surface area is 207 Å². The van der Waals surface area contributed by atoms with Crippen molar-refractivity contribution in [1.29, 1.82) is 5.26 Å². The first-order valence-electron chi connectivity index (χ1n) is 11.9. The van der Waals surface area contributed by atoms with E-state index >= 15 is 0 Å². The first-order chi connectivity index (χ1) is 17.3. The number of carbonyl (C=O) groups is 2. The summed E-state index contributed by atoms with van der Waals surface area (Å²) in [5, 5.41) is 30.3. The molecule has 4 atom stereocenters. The van der Waals surface area contributed by atoms with E-state index in [1.54, 1.807) is 12.1 Å². The number of hydrogen-bond donors (Lipinski definition) is 2. The molecule has 2 bridgehead atoms. The molecule has 3 saturated heterocycles. The number of amides is 2. The number of ether oxygens (including phenoxy) is 2. The summed E-state index contributed by atoms with van der Waals surface area (Å²) in [4.78, 5) is 29.0. The number of anilines is 1. The molecule has 0 aliphatic carbocycles. The van der Waals surface area contributed by atoms with E-state index in [1.165, 1.54) is 23.1 Å². The van der Waals surface area contributed by atoms with Gasteiger partial charge in [-0.1, -0.05) is 24.3 Å². The number of carbonyl (C=O) groups excluding carboxylic acids is 2. The van der Waals surface area contributed by atoms with Gasteiger partial charge in [-0.15, -0.1) is 0 Å². The van der Waals surface area contributed by atoms with Gasteiger partial charge in [0.1, 0.15) is 17.2 Å². The van der Waals surface area contributed by atoms with Crippen molar-refractivity contribution in [2.75, 3.05) is 11.5 Å². The number of fused-ring (bicyclic) bond motifs is 6. The first kappa shape index (κ1) is 22.4. The van der Waals surface area contributed by atoms with Gasteiger partial charge >= 0.3 is 0 Å². The second-order valence-corrected chi connectivity index (χ2v) is 10.0. The van der Waals surface area contributed by atoms with Crippen molar-refractivity contribution < 1.29 is 29.3 Å². The van der Waals surface area contributed by atoms with Gasteiger partial charge < -0.3 is 19.7 Å². The Morgan fingerprint density at radius 3 is 2.44 bits per heavy atom. The highest BCUT2D eigenvalue weighted by atomic mass is 16.5. The molecule has 8 nitrogen and oxygen atoms in total. The molecule has 6 rings (SSSR count). The van der Waals surface area contributed by atoms with E-state index in [1.807, 2.05) is 31.2 Å². The second kappa shape index (κ2) is 7.70. The Balaban J connectivity index is 1.33. The smallest absolute Gasteiger partial charge is 0.240 e. The number of imide groups is 1. The van der Waals surface area contributed by atoms with Crippen molar-refractivity contribution in [2.24, 2.45) is 11.8 Å². The molecular weight excluding hydrogens is 460 g/mol. The number of benzene rings is 3. The van der Waals surface area contributed by atoms with Gasteiger partial charge in [-0.3, -0.25) is 9.59 Å². The minimum atomic E-state index is -0.845. The lowest BCUT2D eigenvalue weighted by Gasteiger charge is -2.31. The largest absolute Gasteiger partial charge is 0.508 e. The summed E-state index contributed by atoms with van der Waals surface area (Å²) < 4.78 is 12.2. The number of nitrogens with zero attached hydrogens (tertiary/aromatic N) is 2. The summed E-state index contributed by atoms with van der Waals surface area (Å²) >= 11 is 0. The Kier molecular flexibility index (Phi) is 4.79. The average Bonchev–Trinajstić information content (AvgIpc) is 3.42. The molecule has 3 fully saturated rings. The molecule has 3 aromatic carbocycles. The molecule has 182 valence electrons. The lowest BCUT2D eigenvalue weighted by molar-refractivity contribution is -0.131. The predicted octanol–water partition coefficient (Wildman–Crippen LogP) is 4.02. The van der Waals surface area contributed by atoms with Crippen LogP contribution in [0, 0.1) is 23.2 Å². The van der Waals surface area contributed by atoms with Crippen LogP contribution < -0.4 is 9.64 Å². The molecule has 2 amide bonds. The fourth-order valence-corrected chi connectivity index (χ4v) is 6.42. The number of phenols is 2. The Hall–Kier alpha value is -4.09. The monoisotopic (exact) mass is 484 g/mol. The molecule has 0 spiro atoms. The highest BCUT2D eigenvalue weighted by molar-refractivity contribution is 6.26. The summed E-state index contributed by atoms with van der Waals surface area (Å²) in [7, 11) is 0. The van der Waals surface area contributed by atoms with Gasteiger partial charge in [0.15, 0.2) is 0 Å². The molecular formula is C28H24N2O6. The number of nitriles is 1. The molecule has 0 radical (unpaired) electrons. The van der Waals surface area contributed by atoms with E-state index < -0.39 is 23.0 Å². The van der Waals surface area contributed by atoms with Crippen LogP contribution in [-0.2, 0) is 14.3 Å². The third-order valence-electron chi connectivity index (χ3n) is 7.94. The van der Waals surface area contributed by atoms with E-state index in [0.717, 1.165) is 0 Å². The first-order valence-corrected chi connectivity index (χ1v) is 11.9. The van der Waals surface area contributed by atoms with E-state index in [9.17, 15) is 25.1 Å². The lowest BCUT2D eigenvalue weighted by Crippen LogP contribution is -2.43. The van der Waals surface area contributed by atoms with E-state index in [0.29, 0.717) is 47.0 Å². The van der Waals surface area contributed by atoms with E-state index in [4.69, 9.17) is 9.47 Å². The van der Waals surface area contributed by atoms with Crippen LogP contribution in [0.1, 0.15) is 31.7 Å². The zero-order valence-electron chi connectivity index (χ0n) is 19.6. The van der Waals surface area contributed by atoms with Crippen molar-refractivity contribution in [3.63, 3.8) is 0 Å². The van der Waals surface area contributed by atoms with E-state index in [2.05, 4.69) is 6.07 Å². The van der Waals surface area contributed by atoms with Crippen LogP contribution in [0.2, 0.25) is 0 Å². The third-order valence-corrected chi connectivity index (χ3v) is 7.94. The van der Waals surface area contributed by atoms with Crippen LogP contribution in [0.3, 0.4) is 0 Å². The van der Waals surface area contributed by atoms with Crippen molar-refractivity contribution in [3.8, 4) is 23.3 Å². The minimum Gasteiger partial charge on any atom is -0.508 e. The molecule has 2 N–H and O–H groups in total. The van der Waals surface area contributed by atoms with Gasteiger partial charge in [-0.2, -0.15) is 5.26 Å². The van der Waals surface area contributed by atoms with Crippen LogP contribution >= 0.6 is 0 Å². The number of aromatic hydroxyl groups is 2. The van der Waals surface area contributed by atoms with Gasteiger partial charge in [0, 0.05) is 35.4 Å². The van der Waals surface area contributed by atoms with Crippen molar-refractivity contribution >= 4 is 28.3 Å². The van der Waals surface area contributed by atoms with Gasteiger partial charge in [0.25, 0.3) is 0 Å². The topological polar surface area (TPSA) is 120 Å². The fourth-order valence-electron chi connectivity index (χ4n) is 6.42. The van der Waals surface area contributed by atoms with Crippen LogP contribution in [0.15, 0.2) is 54.6 Å². The highest BCUT2D eigenvalue weighted by Crippen LogP contribution is 2.62. The highest BCUT2D eigenvalue weighted by Gasteiger charge is 2.73. The van der Waals surface area contributed by atoms with Gasteiger partial charge in [0.2, 0.25) is 11.8 Å². The van der Waals surface area contributed by atoms with Crippen LogP contribution in [0.5, 0.6) is 17.2 Å². The molecule has 3 aliphatic heterocycles. The summed E-state index contributed by atoms with van der Waals surface area (Å²) in [5.41, 5.74) is -0.630. The van der Waals surface area contributed by atoms with Gasteiger partial charge in [-0.05, 0) is 31.9 Å². The quantitative estimate of drug-likeness (QED) is 0.525. The predicted molar refractivity (Wildman–Crippen MR) is 129 cm³/mol. The Bertz CT molecular complexity index is 1460. The second-order valence-electron chi connectivity index (χ2n) is 10.0. The van der Waals surface area contributed by atoms with E-state index in [-0.39, 0.29) is 29.9 Å². The molecule has 3 aromatic rings. The molecule has 3 heterocycles. The zero-order valence-corrected chi connectivity index (χ0v) is 19.6. The summed E-state index contributed by atoms with van der Waals surface area (Å²) in [5.74, 6) is -1.73. The standard InChI is InChI=1S/C28H24N2O6/c1-27-8-9-28(36-27,10-11-35-19-13-17(31)12-18(32)14-19)24-23(27)25(33)30(26(24)34)22-7-6-16(15-29)20-4-2-3-5-21(20)22/h2-7,12-14,23-24,31-32H,8-11H2,1H3/t23-,24+,27-,28-/m0/s1. The third kappa shape index (κ3) is 3.09. The van der Waals surface area contributed by atoms with Crippen LogP contribution in [-0.4, -0.2) is 39.8 Å². The molecule has 0 unspecified atom stereocenters. The summed E-state index contributed by atoms with van der Waals surface area (Å²) in [6.45, 7) is 2.09. The zero-order chi connectivity index (χ0) is 25.2. The SMILES string of the molecule is C[C@@]12CC[C@@](CCOc3cc(O)cc(O)c3)(O1)[C@H]1C(=O)N(c3ccc(C#N)c4ccccc34)C(=O)[C@H]12. The summed E-state index contributed by atoms with van der Waals surface area (Å²) in [6.07, 6.45) is 1.66. The van der Waals surface area contributed by atoms with Crippen LogP contribution in [0.4, 0.5) is 5.69 Å². The molecule has 3 aliphatic rings. The number of phenolic OH excluding ortho intramolecular Hbond substituents is 2. The molecule has 36 heavy (non-hydrogen) atoms. The normalized spacial score (nSPS) is 28.5. The lowest BCUT2D eigenvalue weighted by atomic mass is 9.67. The average molecular weight is 485 g/mol. The van der Waals surface area contributed by atoms with Crippen molar-refractivity contribution in [3.05, 3.63) is 60.2 Å². The summed E-state index contributed by atoms with van der Waals surface area (Å²) in [6, 6.07) is 16.8. The fraction of sp³-hybridized carbons (Fsp3) is 0.321. The van der Waals surface area contributed by atoms with Gasteiger partial charge in [-0.25, -0.2) is 4.90 Å². The van der Waals surface area contributed by atoms with Crippen molar-refractivity contribution in [1.82, 2.24) is 0 Å². The Morgan fingerprint density at radius 2 is 1.72 bits per heavy atom. The number of rotatable bonds is 5. The molecule has 8 heteroatoms. The molecule has 0 aromatic heterocycles. The minimum absolute atomic E-state index is 0.115. The molecule has 0 saturated carbocycles. The Morgan fingerprint density at radius 1 is 1.03 bits per heavy atom. The maximum absolute atomic E-state index is 13.9.